The molecule has 0 aromatic carbocycles. The number of fused-ring (bicyclic) bond motifs is 2. The summed E-state index contributed by atoms with van der Waals surface area (Å²) in [6.07, 6.45) is 2.61. The maximum atomic E-state index is 12.6. The molecular formula is C18H30N4O9S. The van der Waals surface area contributed by atoms with Crippen molar-refractivity contribution in [1.82, 2.24) is 20.3 Å². The SMILES string of the molecule is CC(C)(C)OC(=O)N1CCCCC1CONC(=O)C1CCC2CN1C(=O)N2OS(=O)(=O)O. The van der Waals surface area contributed by atoms with Gasteiger partial charge in [0, 0.05) is 13.1 Å². The van der Waals surface area contributed by atoms with Gasteiger partial charge in [-0.25, -0.2) is 15.1 Å². The minimum atomic E-state index is -4.86. The third-order valence-corrected chi connectivity index (χ3v) is 5.85. The van der Waals surface area contributed by atoms with Crippen molar-refractivity contribution in [3.63, 3.8) is 0 Å². The first-order valence-electron chi connectivity index (χ1n) is 10.5. The molecule has 13 nitrogen and oxygen atoms in total. The highest BCUT2D eigenvalue weighted by Crippen LogP contribution is 2.30. The van der Waals surface area contributed by atoms with Crippen molar-refractivity contribution < 1.29 is 41.2 Å². The van der Waals surface area contributed by atoms with Gasteiger partial charge >= 0.3 is 22.5 Å². The molecule has 0 saturated carbocycles. The largest absolute Gasteiger partial charge is 0.444 e. The van der Waals surface area contributed by atoms with Gasteiger partial charge in [-0.05, 0) is 52.9 Å². The number of nitrogens with one attached hydrogen (secondary N) is 1. The first-order chi connectivity index (χ1) is 14.9. The fraction of sp³-hybridized carbons (Fsp3) is 0.833. The van der Waals surface area contributed by atoms with E-state index in [1.807, 2.05) is 0 Å². The van der Waals surface area contributed by atoms with Crippen LogP contribution in [-0.4, -0.2) is 89.3 Å². The van der Waals surface area contributed by atoms with Crippen molar-refractivity contribution >= 4 is 28.4 Å². The lowest BCUT2D eigenvalue weighted by Gasteiger charge is -2.36. The Kier molecular flexibility index (Phi) is 7.17. The van der Waals surface area contributed by atoms with Gasteiger partial charge in [0.15, 0.2) is 0 Å². The number of carbonyl (C=O) groups is 3. The molecule has 3 aliphatic rings. The van der Waals surface area contributed by atoms with Gasteiger partial charge < -0.3 is 14.5 Å². The second-order valence-corrected chi connectivity index (χ2v) is 10.1. The molecule has 3 aliphatic heterocycles. The number of amides is 4. The lowest BCUT2D eigenvalue weighted by molar-refractivity contribution is -0.140. The summed E-state index contributed by atoms with van der Waals surface area (Å²) >= 11 is 0. The summed E-state index contributed by atoms with van der Waals surface area (Å²) in [5, 5.41) is 0.574. The van der Waals surface area contributed by atoms with E-state index < -0.39 is 46.1 Å². The van der Waals surface area contributed by atoms with Crippen LogP contribution in [0.25, 0.3) is 0 Å². The van der Waals surface area contributed by atoms with E-state index >= 15 is 0 Å². The van der Waals surface area contributed by atoms with Crippen molar-refractivity contribution in [3.05, 3.63) is 0 Å². The van der Waals surface area contributed by atoms with Gasteiger partial charge in [0.2, 0.25) is 0 Å². The predicted octanol–water partition coefficient (Wildman–Crippen LogP) is 0.827. The van der Waals surface area contributed by atoms with Crippen molar-refractivity contribution in [2.75, 3.05) is 19.7 Å². The van der Waals surface area contributed by atoms with Crippen LogP contribution in [0.3, 0.4) is 0 Å². The van der Waals surface area contributed by atoms with Gasteiger partial charge in [-0.3, -0.25) is 14.2 Å². The summed E-state index contributed by atoms with van der Waals surface area (Å²) < 4.78 is 40.6. The van der Waals surface area contributed by atoms with Crippen LogP contribution in [0, 0.1) is 0 Å². The summed E-state index contributed by atoms with van der Waals surface area (Å²) in [4.78, 5) is 45.6. The van der Waals surface area contributed by atoms with Crippen LogP contribution < -0.4 is 5.48 Å². The molecule has 182 valence electrons. The number of piperidine rings is 2. The molecule has 3 fully saturated rings. The summed E-state index contributed by atoms with van der Waals surface area (Å²) in [7, 11) is -4.86. The van der Waals surface area contributed by atoms with Crippen molar-refractivity contribution in [2.24, 2.45) is 0 Å². The van der Waals surface area contributed by atoms with E-state index in [9.17, 15) is 22.8 Å². The Labute approximate surface area is 186 Å². The Morgan fingerprint density at radius 1 is 1.19 bits per heavy atom. The van der Waals surface area contributed by atoms with Gasteiger partial charge in [0.1, 0.15) is 11.6 Å². The van der Waals surface area contributed by atoms with Crippen LogP contribution >= 0.6 is 0 Å². The number of ether oxygens (including phenoxy) is 1. The lowest BCUT2D eigenvalue weighted by Crippen LogP contribution is -2.52. The van der Waals surface area contributed by atoms with Gasteiger partial charge in [-0.1, -0.05) is 0 Å². The maximum Gasteiger partial charge on any atom is 0.418 e. The summed E-state index contributed by atoms with van der Waals surface area (Å²) in [6, 6.07) is -2.54. The van der Waals surface area contributed by atoms with E-state index in [-0.39, 0.29) is 25.6 Å². The highest BCUT2D eigenvalue weighted by atomic mass is 32.3. The Morgan fingerprint density at radius 2 is 1.91 bits per heavy atom. The average Bonchev–Trinajstić information content (AvgIpc) is 2.90. The van der Waals surface area contributed by atoms with E-state index in [0.717, 1.165) is 12.8 Å². The highest BCUT2D eigenvalue weighted by molar-refractivity contribution is 7.80. The van der Waals surface area contributed by atoms with Crippen molar-refractivity contribution in [2.45, 2.75) is 76.6 Å². The monoisotopic (exact) mass is 478 g/mol. The van der Waals surface area contributed by atoms with Gasteiger partial charge in [0.25, 0.3) is 5.91 Å². The van der Waals surface area contributed by atoms with Crippen LogP contribution in [0.4, 0.5) is 9.59 Å². The number of hydrogen-bond acceptors (Lipinski definition) is 8. The minimum Gasteiger partial charge on any atom is -0.444 e. The lowest BCUT2D eigenvalue weighted by atomic mass is 10.0. The maximum absolute atomic E-state index is 12.6. The molecule has 32 heavy (non-hydrogen) atoms. The summed E-state index contributed by atoms with van der Waals surface area (Å²) in [5.74, 6) is -0.565. The zero-order chi connectivity index (χ0) is 23.7. The third-order valence-electron chi connectivity index (χ3n) is 5.50. The number of hydroxylamine groups is 3. The molecule has 2 N–H and O–H groups in total. The van der Waals surface area contributed by atoms with Gasteiger partial charge in [0.05, 0.1) is 18.7 Å². The molecule has 4 amide bonds. The number of carbonyl (C=O) groups excluding carboxylic acids is 3. The number of nitrogens with zero attached hydrogens (tertiary/aromatic N) is 3. The van der Waals surface area contributed by atoms with Crippen LogP contribution in [-0.2, 0) is 29.1 Å². The smallest absolute Gasteiger partial charge is 0.418 e. The second-order valence-electron chi connectivity index (χ2n) is 9.11. The zero-order valence-corrected chi connectivity index (χ0v) is 19.2. The van der Waals surface area contributed by atoms with Gasteiger partial charge in [-0.15, -0.1) is 4.28 Å². The third kappa shape index (κ3) is 5.99. The first kappa shape index (κ1) is 24.5. The fourth-order valence-electron chi connectivity index (χ4n) is 4.12. The topological polar surface area (TPSA) is 155 Å². The van der Waals surface area contributed by atoms with E-state index in [1.54, 1.807) is 25.7 Å². The summed E-state index contributed by atoms with van der Waals surface area (Å²) in [5.41, 5.74) is 1.71. The molecule has 0 aromatic rings. The molecule has 0 radical (unpaired) electrons. The number of hydrogen-bond donors (Lipinski definition) is 2. The quantitative estimate of drug-likeness (QED) is 0.417. The molecule has 0 aromatic heterocycles. The molecule has 3 unspecified atom stereocenters. The molecule has 3 atom stereocenters. The van der Waals surface area contributed by atoms with Crippen LogP contribution in [0.15, 0.2) is 0 Å². The molecule has 2 bridgehead atoms. The normalized spacial score (nSPS) is 26.3. The molecule has 0 aliphatic carbocycles. The zero-order valence-electron chi connectivity index (χ0n) is 18.4. The Morgan fingerprint density at radius 3 is 2.56 bits per heavy atom. The van der Waals surface area contributed by atoms with Gasteiger partial charge in [-0.2, -0.15) is 13.5 Å². The molecule has 3 rings (SSSR count). The van der Waals surface area contributed by atoms with Crippen molar-refractivity contribution in [1.29, 1.82) is 0 Å². The number of likely N-dealkylation sites (tertiary alicyclic amines) is 1. The van der Waals surface area contributed by atoms with Crippen LogP contribution in [0.1, 0.15) is 52.9 Å². The van der Waals surface area contributed by atoms with E-state index in [4.69, 9.17) is 14.1 Å². The minimum absolute atomic E-state index is 0.0618. The Bertz CT molecular complexity index is 844. The number of urea groups is 1. The Balaban J connectivity index is 1.52. The standard InChI is InChI=1S/C18H30N4O9S/c1-18(2,3)30-17(25)20-9-5-4-6-13(20)11-29-19-15(23)14-8-7-12-10-21(14)16(24)22(12)31-32(26,27)28/h12-14H,4-11H2,1-3H3,(H,19,23)(H,26,27,28). The number of rotatable bonds is 6. The molecule has 14 heteroatoms. The second kappa shape index (κ2) is 9.37. The highest BCUT2D eigenvalue weighted by Gasteiger charge is 2.49. The van der Waals surface area contributed by atoms with E-state index in [2.05, 4.69) is 9.76 Å². The predicted molar refractivity (Wildman–Crippen MR) is 108 cm³/mol. The van der Waals surface area contributed by atoms with E-state index in [0.29, 0.717) is 24.4 Å². The molecule has 0 spiro atoms. The molecule has 3 heterocycles. The van der Waals surface area contributed by atoms with Crippen LogP contribution in [0.2, 0.25) is 0 Å². The van der Waals surface area contributed by atoms with Crippen molar-refractivity contribution in [3.8, 4) is 0 Å². The van der Waals surface area contributed by atoms with E-state index in [1.165, 1.54) is 4.90 Å². The van der Waals surface area contributed by atoms with Crippen LogP contribution in [0.5, 0.6) is 0 Å². The Hall–Kier alpha value is -2.16. The molecule has 3 saturated heterocycles. The average molecular weight is 479 g/mol. The fourth-order valence-corrected chi connectivity index (χ4v) is 4.50. The molecular weight excluding hydrogens is 448 g/mol. The summed E-state index contributed by atoms with van der Waals surface area (Å²) in [6.45, 7) is 6.05. The first-order valence-corrected chi connectivity index (χ1v) is 11.9.